The zero-order valence-corrected chi connectivity index (χ0v) is 24.3. The second-order valence-electron chi connectivity index (χ2n) is 13.1. The van der Waals surface area contributed by atoms with E-state index in [9.17, 15) is 19.5 Å². The van der Waals surface area contributed by atoms with Gasteiger partial charge >= 0.3 is 0 Å². The molecule has 3 fully saturated rings. The number of amides is 3. The summed E-state index contributed by atoms with van der Waals surface area (Å²) in [6.07, 6.45) is 6.21. The van der Waals surface area contributed by atoms with Crippen molar-refractivity contribution in [2.24, 2.45) is 17.8 Å². The van der Waals surface area contributed by atoms with Gasteiger partial charge in [-0.3, -0.25) is 28.9 Å². The maximum Gasteiger partial charge on any atom is 0.281 e. The number of piperazine rings is 1. The highest BCUT2D eigenvalue weighted by Crippen LogP contribution is 2.49. The van der Waals surface area contributed by atoms with Crippen molar-refractivity contribution in [3.8, 4) is 0 Å². The number of aromatic amines is 1. The van der Waals surface area contributed by atoms with Gasteiger partial charge in [0.25, 0.3) is 11.8 Å². The lowest BCUT2D eigenvalue weighted by Gasteiger charge is -2.49. The Morgan fingerprint density at radius 2 is 2.00 bits per heavy atom. The number of ether oxygens (including phenoxy) is 1. The number of hydrogen-bond acceptors (Lipinski definition) is 6. The monoisotopic (exact) mass is 561 g/mol. The van der Waals surface area contributed by atoms with Gasteiger partial charge < -0.3 is 20.3 Å². The van der Waals surface area contributed by atoms with Crippen molar-refractivity contribution in [3.05, 3.63) is 41.6 Å². The lowest BCUT2D eigenvalue weighted by molar-refractivity contribution is -0.323. The Morgan fingerprint density at radius 1 is 1.22 bits per heavy atom. The molecule has 2 aromatic rings. The fraction of sp³-hybridized carbons (Fsp3) is 0.581. The number of benzene rings is 1. The molecule has 3 amide bonds. The van der Waals surface area contributed by atoms with Crippen LogP contribution in [0.5, 0.6) is 0 Å². The molecule has 2 unspecified atom stereocenters. The van der Waals surface area contributed by atoms with Crippen LogP contribution in [-0.2, 0) is 25.5 Å². The van der Waals surface area contributed by atoms with E-state index in [2.05, 4.69) is 33.5 Å². The number of nitrogens with one attached hydrogen (secondary N) is 2. The Balaban J connectivity index is 1.25. The highest BCUT2D eigenvalue weighted by atomic mass is 16.7. The maximum absolute atomic E-state index is 14.3. The molecule has 1 aromatic heterocycles. The summed E-state index contributed by atoms with van der Waals surface area (Å²) in [6, 6.07) is 4.80. The van der Waals surface area contributed by atoms with Gasteiger partial charge in [0.15, 0.2) is 0 Å². The summed E-state index contributed by atoms with van der Waals surface area (Å²) in [5, 5.41) is 16.2. The topological polar surface area (TPSA) is 118 Å². The second-order valence-corrected chi connectivity index (χ2v) is 13.1. The molecule has 1 aromatic carbocycles. The van der Waals surface area contributed by atoms with Crippen LogP contribution in [0.15, 0.2) is 30.5 Å². The molecule has 41 heavy (non-hydrogen) atoms. The Hall–Kier alpha value is -3.21. The van der Waals surface area contributed by atoms with E-state index in [1.165, 1.54) is 15.8 Å². The van der Waals surface area contributed by atoms with Crippen LogP contribution in [0.3, 0.4) is 0 Å². The van der Waals surface area contributed by atoms with Gasteiger partial charge in [0.1, 0.15) is 12.1 Å². The van der Waals surface area contributed by atoms with E-state index in [1.54, 1.807) is 18.7 Å². The minimum Gasteiger partial charge on any atom is -0.361 e. The molecule has 4 aliphatic heterocycles. The highest BCUT2D eigenvalue weighted by molar-refractivity contribution is 6.01. The van der Waals surface area contributed by atoms with Crippen molar-refractivity contribution < 1.29 is 24.2 Å². The zero-order chi connectivity index (χ0) is 29.0. The smallest absolute Gasteiger partial charge is 0.281 e. The van der Waals surface area contributed by atoms with Crippen LogP contribution in [0.25, 0.3) is 16.5 Å². The molecule has 1 aliphatic carbocycles. The molecule has 5 heterocycles. The predicted octanol–water partition coefficient (Wildman–Crippen LogP) is 2.04. The normalized spacial score (nSPS) is 34.8. The second kappa shape index (κ2) is 8.89. The minimum absolute atomic E-state index is 0.150. The van der Waals surface area contributed by atoms with E-state index in [-0.39, 0.29) is 23.8 Å². The number of aromatic nitrogens is 1. The molecule has 0 bridgehead atoms. The molecule has 3 N–H and O–H groups in total. The third-order valence-electron chi connectivity index (χ3n) is 10.1. The molecule has 10 heteroatoms. The summed E-state index contributed by atoms with van der Waals surface area (Å²) in [5.41, 5.74) is 2.78. The van der Waals surface area contributed by atoms with Crippen LogP contribution >= 0.6 is 0 Å². The zero-order valence-electron chi connectivity index (χ0n) is 24.3. The quantitative estimate of drug-likeness (QED) is 0.526. The molecule has 5 aliphatic rings. The molecule has 0 spiro atoms. The fourth-order valence-corrected chi connectivity index (χ4v) is 7.97. The van der Waals surface area contributed by atoms with E-state index in [1.807, 2.05) is 33.0 Å². The fourth-order valence-electron chi connectivity index (χ4n) is 7.97. The Labute approximate surface area is 239 Å². The number of hydrogen-bond donors (Lipinski definition) is 3. The Bertz CT molecular complexity index is 1500. The van der Waals surface area contributed by atoms with Crippen molar-refractivity contribution in [3.63, 3.8) is 0 Å². The van der Waals surface area contributed by atoms with Crippen molar-refractivity contribution >= 4 is 34.2 Å². The van der Waals surface area contributed by atoms with Gasteiger partial charge in [-0.15, -0.1) is 0 Å². The Morgan fingerprint density at radius 3 is 2.73 bits per heavy atom. The minimum atomic E-state index is -2.01. The van der Waals surface area contributed by atoms with Gasteiger partial charge in [0, 0.05) is 42.1 Å². The number of carbonyl (C=O) groups is 3. The number of carbonyl (C=O) groups excluding carboxylic acids is 3. The van der Waals surface area contributed by atoms with Crippen LogP contribution in [0.4, 0.5) is 0 Å². The van der Waals surface area contributed by atoms with Crippen LogP contribution < -0.4 is 5.32 Å². The lowest BCUT2D eigenvalue weighted by Crippen LogP contribution is -2.72. The van der Waals surface area contributed by atoms with E-state index in [0.717, 1.165) is 23.1 Å². The van der Waals surface area contributed by atoms with Crippen LogP contribution in [0.2, 0.25) is 0 Å². The first-order valence-electron chi connectivity index (χ1n) is 14.9. The summed E-state index contributed by atoms with van der Waals surface area (Å²) in [6.45, 7) is 8.32. The SMILES string of the molecule is CC(C)C1C(=O)N2CCC[C@H]2C2(O)O[C@](NC(=O)[C@@H]3C=C4c5cccc6[nH]cc(c56)C[C@H]4N(C)C3)(C(C)C)C(=O)N12. The highest BCUT2D eigenvalue weighted by Gasteiger charge is 2.72. The first-order valence-corrected chi connectivity index (χ1v) is 14.9. The van der Waals surface area contributed by atoms with Crippen LogP contribution in [0, 0.1) is 17.8 Å². The summed E-state index contributed by atoms with van der Waals surface area (Å²) in [7, 11) is 2.03. The number of fused-ring (bicyclic) bond motifs is 5. The lowest BCUT2D eigenvalue weighted by atomic mass is 9.79. The summed E-state index contributed by atoms with van der Waals surface area (Å²) >= 11 is 0. The van der Waals surface area contributed by atoms with E-state index >= 15 is 0 Å². The standard InChI is InChI=1S/C31H39N5O5/c1-16(2)26-28(38)35-11-7-10-24(35)31(40)36(26)29(39)30(41-31,17(3)4)33-27(37)19-12-21-20-8-6-9-22-25(20)18(14-32-22)13-23(21)34(5)15-19/h6,8-9,12,14,16-17,19,23-24,26,32,40H,7,10-11,13,15H2,1-5H3,(H,33,37)/t19-,23-,24+,26?,30-,31?/m1/s1. The molecule has 7 rings (SSSR count). The molecular weight excluding hydrogens is 522 g/mol. The summed E-state index contributed by atoms with van der Waals surface area (Å²) in [4.78, 5) is 50.4. The average molecular weight is 562 g/mol. The van der Waals surface area contributed by atoms with E-state index in [4.69, 9.17) is 4.74 Å². The summed E-state index contributed by atoms with van der Waals surface area (Å²) in [5.74, 6) is -4.36. The first-order chi connectivity index (χ1) is 19.5. The van der Waals surface area contributed by atoms with Gasteiger partial charge in [-0.2, -0.15) is 0 Å². The van der Waals surface area contributed by atoms with Crippen molar-refractivity contribution in [2.45, 2.75) is 76.7 Å². The van der Waals surface area contributed by atoms with Crippen molar-refractivity contribution in [1.82, 2.24) is 25.0 Å². The van der Waals surface area contributed by atoms with Crippen molar-refractivity contribution in [1.29, 1.82) is 0 Å². The average Bonchev–Trinajstić information content (AvgIpc) is 3.64. The molecule has 10 nitrogen and oxygen atoms in total. The van der Waals surface area contributed by atoms with Gasteiger partial charge in [-0.25, -0.2) is 0 Å². The first kappa shape index (κ1) is 26.7. The molecule has 218 valence electrons. The maximum atomic E-state index is 14.3. The third-order valence-corrected chi connectivity index (χ3v) is 10.1. The van der Waals surface area contributed by atoms with E-state index in [0.29, 0.717) is 25.9 Å². The van der Waals surface area contributed by atoms with Gasteiger partial charge in [0.05, 0.1) is 5.92 Å². The largest absolute Gasteiger partial charge is 0.361 e. The molecule has 0 radical (unpaired) electrons. The van der Waals surface area contributed by atoms with Crippen LogP contribution in [-0.4, -0.2) is 92.4 Å². The summed E-state index contributed by atoms with van der Waals surface area (Å²) < 4.78 is 6.40. The number of nitrogens with zero attached hydrogens (tertiary/aromatic N) is 3. The number of H-pyrrole nitrogens is 1. The van der Waals surface area contributed by atoms with Gasteiger partial charge in [0.2, 0.25) is 17.5 Å². The van der Waals surface area contributed by atoms with Gasteiger partial charge in [-0.1, -0.05) is 45.9 Å². The Kier molecular flexibility index (Phi) is 5.79. The third kappa shape index (κ3) is 3.50. The molecule has 3 saturated heterocycles. The molecule has 0 saturated carbocycles. The van der Waals surface area contributed by atoms with Crippen LogP contribution in [0.1, 0.15) is 51.7 Å². The molecular formula is C31H39N5O5. The number of aliphatic hydroxyl groups is 1. The number of likely N-dealkylation sites (N-methyl/N-ethyl adjacent to an activating group) is 1. The molecule has 6 atom stereocenters. The van der Waals surface area contributed by atoms with Gasteiger partial charge in [-0.05, 0) is 55.0 Å². The van der Waals surface area contributed by atoms with E-state index < -0.39 is 41.5 Å². The van der Waals surface area contributed by atoms with Crippen molar-refractivity contribution in [2.75, 3.05) is 20.1 Å². The number of rotatable bonds is 4. The predicted molar refractivity (Wildman–Crippen MR) is 152 cm³/mol.